The van der Waals surface area contributed by atoms with Crippen molar-refractivity contribution in [3.05, 3.63) is 11.6 Å². The molecule has 0 saturated heterocycles. The van der Waals surface area contributed by atoms with E-state index in [-0.39, 0.29) is 0 Å². The van der Waals surface area contributed by atoms with Gasteiger partial charge in [0.2, 0.25) is 0 Å². The third-order valence-electron chi connectivity index (χ3n) is 5.86. The van der Waals surface area contributed by atoms with Crippen molar-refractivity contribution in [2.45, 2.75) is 49.9 Å². The Balaban J connectivity index is 1.53. The lowest BCUT2D eigenvalue weighted by molar-refractivity contribution is 0.456. The average molecular weight is 264 g/mol. The van der Waals surface area contributed by atoms with E-state index in [9.17, 15) is 0 Å². The number of aromatic nitrogens is 3. The van der Waals surface area contributed by atoms with Gasteiger partial charge >= 0.3 is 0 Å². The van der Waals surface area contributed by atoms with E-state index >= 15 is 0 Å². The Hall–Kier alpha value is -0.570. The van der Waals surface area contributed by atoms with Gasteiger partial charge < -0.3 is 4.57 Å². The van der Waals surface area contributed by atoms with Gasteiger partial charge in [0.15, 0.2) is 0 Å². The first-order valence-corrected chi connectivity index (χ1v) is 7.91. The zero-order valence-corrected chi connectivity index (χ0v) is 11.2. The van der Waals surface area contributed by atoms with Gasteiger partial charge in [-0.3, -0.25) is 0 Å². The van der Waals surface area contributed by atoms with E-state index < -0.39 is 0 Å². The highest BCUT2D eigenvalue weighted by molar-refractivity contribution is 6.16. The number of halogens is 1. The van der Waals surface area contributed by atoms with Crippen LogP contribution in [0.4, 0.5) is 0 Å². The SMILES string of the molecule is ClCc1nnc(C2C3C4CCC(C4)C23)n1C1CC1. The summed E-state index contributed by atoms with van der Waals surface area (Å²) in [4.78, 5) is 0. The summed E-state index contributed by atoms with van der Waals surface area (Å²) in [6.07, 6.45) is 7.05. The molecule has 5 rings (SSSR count). The summed E-state index contributed by atoms with van der Waals surface area (Å²) in [6, 6.07) is 0.669. The monoisotopic (exact) mass is 263 g/mol. The number of fused-ring (bicyclic) bond motifs is 5. The summed E-state index contributed by atoms with van der Waals surface area (Å²) < 4.78 is 2.40. The van der Waals surface area contributed by atoms with E-state index in [2.05, 4.69) is 14.8 Å². The van der Waals surface area contributed by atoms with Crippen molar-refractivity contribution in [1.29, 1.82) is 0 Å². The minimum Gasteiger partial charge on any atom is -0.311 e. The van der Waals surface area contributed by atoms with E-state index in [0.717, 1.165) is 35.4 Å². The summed E-state index contributed by atoms with van der Waals surface area (Å²) >= 11 is 6.01. The molecule has 4 aliphatic rings. The van der Waals surface area contributed by atoms with Gasteiger partial charge in [-0.05, 0) is 55.8 Å². The highest BCUT2D eigenvalue weighted by atomic mass is 35.5. The van der Waals surface area contributed by atoms with Crippen molar-refractivity contribution in [3.8, 4) is 0 Å². The van der Waals surface area contributed by atoms with Crippen LogP contribution in [0.3, 0.4) is 0 Å². The van der Waals surface area contributed by atoms with Crippen molar-refractivity contribution in [2.24, 2.45) is 23.7 Å². The Labute approximate surface area is 112 Å². The molecular weight excluding hydrogens is 246 g/mol. The zero-order chi connectivity index (χ0) is 11.9. The van der Waals surface area contributed by atoms with Crippen LogP contribution >= 0.6 is 11.6 Å². The molecular formula is C14H18ClN3. The third kappa shape index (κ3) is 1.17. The summed E-state index contributed by atoms with van der Waals surface area (Å²) in [5.74, 6) is 7.47. The van der Waals surface area contributed by atoms with Gasteiger partial charge in [-0.25, -0.2) is 0 Å². The molecule has 4 unspecified atom stereocenters. The second-order valence-electron chi connectivity index (χ2n) is 6.72. The van der Waals surface area contributed by atoms with Gasteiger partial charge in [-0.2, -0.15) is 0 Å². The number of hydrogen-bond acceptors (Lipinski definition) is 2. The summed E-state index contributed by atoms with van der Waals surface area (Å²) in [6.45, 7) is 0. The van der Waals surface area contributed by atoms with Crippen molar-refractivity contribution >= 4 is 11.6 Å². The van der Waals surface area contributed by atoms with Crippen LogP contribution in [0, 0.1) is 23.7 Å². The van der Waals surface area contributed by atoms with Crippen LogP contribution in [0.15, 0.2) is 0 Å². The summed E-state index contributed by atoms with van der Waals surface area (Å²) in [5.41, 5.74) is 0. The predicted molar refractivity (Wildman–Crippen MR) is 68.4 cm³/mol. The molecule has 1 aromatic rings. The normalized spacial score (nSPS) is 44.4. The average Bonchev–Trinajstić information content (AvgIpc) is 3.25. The molecule has 4 aliphatic carbocycles. The Morgan fingerprint density at radius 1 is 1.06 bits per heavy atom. The molecule has 4 atom stereocenters. The molecule has 4 heteroatoms. The molecule has 0 spiro atoms. The van der Waals surface area contributed by atoms with Crippen molar-refractivity contribution in [2.75, 3.05) is 0 Å². The first-order valence-electron chi connectivity index (χ1n) is 7.38. The van der Waals surface area contributed by atoms with E-state index in [1.807, 2.05) is 0 Å². The maximum Gasteiger partial charge on any atom is 0.148 e. The highest BCUT2D eigenvalue weighted by Gasteiger charge is 2.67. The van der Waals surface area contributed by atoms with Crippen LogP contribution in [0.5, 0.6) is 0 Å². The molecule has 96 valence electrons. The molecule has 4 fully saturated rings. The second-order valence-corrected chi connectivity index (χ2v) is 6.99. The number of rotatable bonds is 3. The molecule has 4 saturated carbocycles. The van der Waals surface area contributed by atoms with Crippen LogP contribution < -0.4 is 0 Å². The lowest BCUT2D eigenvalue weighted by Crippen LogP contribution is -2.07. The molecule has 3 nitrogen and oxygen atoms in total. The van der Waals surface area contributed by atoms with E-state index in [4.69, 9.17) is 11.6 Å². The summed E-state index contributed by atoms with van der Waals surface area (Å²) in [7, 11) is 0. The largest absolute Gasteiger partial charge is 0.311 e. The minimum atomic E-state index is 0.512. The topological polar surface area (TPSA) is 30.7 Å². The smallest absolute Gasteiger partial charge is 0.148 e. The fourth-order valence-corrected chi connectivity index (χ4v) is 5.24. The number of nitrogens with zero attached hydrogens (tertiary/aromatic N) is 3. The molecule has 1 aromatic heterocycles. The Morgan fingerprint density at radius 2 is 1.78 bits per heavy atom. The number of hydrogen-bond donors (Lipinski definition) is 0. The van der Waals surface area contributed by atoms with E-state index in [1.54, 1.807) is 0 Å². The molecule has 0 amide bonds. The van der Waals surface area contributed by atoms with Crippen molar-refractivity contribution in [3.63, 3.8) is 0 Å². The number of alkyl halides is 1. The fraction of sp³-hybridized carbons (Fsp3) is 0.857. The lowest BCUT2D eigenvalue weighted by Gasteiger charge is -2.11. The Morgan fingerprint density at radius 3 is 2.39 bits per heavy atom. The van der Waals surface area contributed by atoms with Crippen LogP contribution in [0.25, 0.3) is 0 Å². The van der Waals surface area contributed by atoms with Crippen LogP contribution in [0.2, 0.25) is 0 Å². The first kappa shape index (κ1) is 10.2. The molecule has 2 bridgehead atoms. The molecule has 0 aliphatic heterocycles. The van der Waals surface area contributed by atoms with Crippen LogP contribution in [-0.2, 0) is 5.88 Å². The van der Waals surface area contributed by atoms with Crippen molar-refractivity contribution < 1.29 is 0 Å². The highest BCUT2D eigenvalue weighted by Crippen LogP contribution is 2.73. The zero-order valence-electron chi connectivity index (χ0n) is 10.4. The molecule has 0 radical (unpaired) electrons. The predicted octanol–water partition coefficient (Wildman–Crippen LogP) is 3.11. The Kier molecular flexibility index (Phi) is 1.88. The quantitative estimate of drug-likeness (QED) is 0.785. The first-order chi connectivity index (χ1) is 8.88. The standard InChI is InChI=1S/C14H18ClN3/c15-6-10-16-17-14(18(10)9-3-4-9)13-11-7-1-2-8(5-7)12(11)13/h7-9,11-13H,1-6H2. The molecule has 0 aromatic carbocycles. The van der Waals surface area contributed by atoms with Gasteiger partial charge in [0.05, 0.1) is 5.88 Å². The molecule has 18 heavy (non-hydrogen) atoms. The molecule has 1 heterocycles. The van der Waals surface area contributed by atoms with Gasteiger partial charge in [-0.1, -0.05) is 0 Å². The third-order valence-corrected chi connectivity index (χ3v) is 6.10. The van der Waals surface area contributed by atoms with Gasteiger partial charge in [0.1, 0.15) is 11.6 Å². The van der Waals surface area contributed by atoms with E-state index in [0.29, 0.717) is 11.9 Å². The van der Waals surface area contributed by atoms with Crippen LogP contribution in [-0.4, -0.2) is 14.8 Å². The molecule has 0 N–H and O–H groups in total. The lowest BCUT2D eigenvalue weighted by atomic mass is 10.0. The Bertz CT molecular complexity index is 491. The van der Waals surface area contributed by atoms with Gasteiger partial charge in [0, 0.05) is 12.0 Å². The van der Waals surface area contributed by atoms with Gasteiger partial charge in [-0.15, -0.1) is 21.8 Å². The second kappa shape index (κ2) is 3.30. The maximum atomic E-state index is 6.01. The summed E-state index contributed by atoms with van der Waals surface area (Å²) in [5, 5.41) is 8.85. The minimum absolute atomic E-state index is 0.512. The van der Waals surface area contributed by atoms with E-state index in [1.165, 1.54) is 37.9 Å². The van der Waals surface area contributed by atoms with Crippen LogP contribution in [0.1, 0.15) is 55.7 Å². The van der Waals surface area contributed by atoms with Crippen molar-refractivity contribution in [1.82, 2.24) is 14.8 Å². The maximum absolute atomic E-state index is 6.01. The van der Waals surface area contributed by atoms with Gasteiger partial charge in [0.25, 0.3) is 0 Å². The fourth-order valence-electron chi connectivity index (χ4n) is 5.06.